The van der Waals surface area contributed by atoms with Crippen LogP contribution in [0.4, 0.5) is 0 Å². The number of nitrogens with one attached hydrogen (secondary N) is 1. The van der Waals surface area contributed by atoms with Crippen LogP contribution in [0.5, 0.6) is 0 Å². The van der Waals surface area contributed by atoms with Crippen LogP contribution in [0.3, 0.4) is 0 Å². The molecule has 0 aliphatic carbocycles. The van der Waals surface area contributed by atoms with E-state index < -0.39 is 7.41 Å². The molecule has 16 heavy (non-hydrogen) atoms. The molecule has 0 aliphatic rings. The Morgan fingerprint density at radius 3 is 1.50 bits per heavy atom. The Balaban J connectivity index is 2.49. The maximum Gasteiger partial charge on any atom is 0.152 e. The molecule has 0 saturated carbocycles. The highest BCUT2D eigenvalue weighted by molar-refractivity contribution is 14.1. The lowest BCUT2D eigenvalue weighted by atomic mass is 10.4. The van der Waals surface area contributed by atoms with Crippen LogP contribution in [-0.2, 0) is 0 Å². The van der Waals surface area contributed by atoms with E-state index in [9.17, 15) is 0 Å². The number of rotatable bonds is 3. The summed E-state index contributed by atoms with van der Waals surface area (Å²) in [6.45, 7) is 2.31. The average molecular weight is 342 g/mol. The van der Waals surface area contributed by atoms with E-state index in [4.69, 9.17) is 0 Å². The van der Waals surface area contributed by atoms with Crippen LogP contribution < -0.4 is 13.9 Å². The molecule has 0 fully saturated rings. The Bertz CT molecular complexity index is 405. The lowest BCUT2D eigenvalue weighted by molar-refractivity contribution is 1.66. The quantitative estimate of drug-likeness (QED) is 0.513. The van der Waals surface area contributed by atoms with Crippen LogP contribution in [0.25, 0.3) is 0 Å². The molecule has 0 unspecified atom stereocenters. The molecule has 0 atom stereocenters. The third-order valence-corrected chi connectivity index (χ3v) is 8.61. The van der Waals surface area contributed by atoms with Gasteiger partial charge in [0.15, 0.2) is 7.41 Å². The Labute approximate surface area is 111 Å². The fraction of sp³-hybridized carbons (Fsp3) is 0.0769. The van der Waals surface area contributed by atoms with Gasteiger partial charge in [-0.15, -0.1) is 3.30 Å². The van der Waals surface area contributed by atoms with Crippen LogP contribution in [-0.4, -0.2) is 6.66 Å². The second-order valence-corrected chi connectivity index (χ2v) is 8.42. The van der Waals surface area contributed by atoms with Gasteiger partial charge in [0.25, 0.3) is 0 Å². The van der Waals surface area contributed by atoms with Crippen molar-refractivity contribution < 1.29 is 0 Å². The molecule has 2 rings (SSSR count). The minimum Gasteiger partial charge on any atom is -0.124 e. The van der Waals surface area contributed by atoms with Crippen molar-refractivity contribution in [3.63, 3.8) is 0 Å². The molecule has 0 aliphatic heterocycles. The van der Waals surface area contributed by atoms with Gasteiger partial charge in [-0.05, 0) is 24.3 Å². The molecule has 0 amide bonds. The van der Waals surface area contributed by atoms with Crippen molar-refractivity contribution in [2.24, 2.45) is 0 Å². The van der Waals surface area contributed by atoms with Gasteiger partial charge in [-0.25, -0.2) is 0 Å². The molecule has 2 aromatic rings. The predicted molar refractivity (Wildman–Crippen MR) is 82.2 cm³/mol. The van der Waals surface area contributed by atoms with Gasteiger partial charge in [-0.1, -0.05) is 36.4 Å². The van der Waals surface area contributed by atoms with E-state index in [1.807, 2.05) is 0 Å². The monoisotopic (exact) mass is 342 g/mol. The summed E-state index contributed by atoms with van der Waals surface area (Å²) in [6, 6.07) is 21.3. The largest absolute Gasteiger partial charge is 0.152 e. The molecule has 82 valence electrons. The highest BCUT2D eigenvalue weighted by Crippen LogP contribution is 2.49. The van der Waals surface area contributed by atoms with Crippen LogP contribution in [0, 0.1) is 0 Å². The van der Waals surface area contributed by atoms with Gasteiger partial charge in [0.2, 0.25) is 0 Å². The molecular weight excluding hydrogens is 328 g/mol. The van der Waals surface area contributed by atoms with E-state index in [-0.39, 0.29) is 0 Å². The second kappa shape index (κ2) is 5.26. The number of halogens is 1. The summed E-state index contributed by atoms with van der Waals surface area (Å²) in [5, 5.41) is 2.77. The predicted octanol–water partition coefficient (Wildman–Crippen LogP) is 3.14. The molecule has 0 bridgehead atoms. The van der Waals surface area contributed by atoms with E-state index in [1.165, 1.54) is 10.6 Å². The summed E-state index contributed by atoms with van der Waals surface area (Å²) in [5.41, 5.74) is 0. The fourth-order valence-electron chi connectivity index (χ4n) is 1.70. The zero-order valence-electron chi connectivity index (χ0n) is 9.10. The lowest BCUT2D eigenvalue weighted by Crippen LogP contribution is -2.27. The van der Waals surface area contributed by atoms with E-state index in [1.54, 1.807) is 0 Å². The number of hydrogen-bond acceptors (Lipinski definition) is 1. The van der Waals surface area contributed by atoms with Gasteiger partial charge in [0, 0.05) is 0 Å². The first-order valence-corrected chi connectivity index (χ1v) is 8.44. The van der Waals surface area contributed by atoms with Gasteiger partial charge in [0.1, 0.15) is 10.6 Å². The lowest BCUT2D eigenvalue weighted by Gasteiger charge is -2.19. The van der Waals surface area contributed by atoms with Crippen LogP contribution in [0.2, 0.25) is 0 Å². The zero-order valence-corrected chi connectivity index (χ0v) is 12.2. The Morgan fingerprint density at radius 2 is 1.19 bits per heavy atom. The van der Waals surface area contributed by atoms with E-state index >= 15 is 0 Å². The summed E-state index contributed by atoms with van der Waals surface area (Å²) >= 11 is 2.27. The normalized spacial score (nSPS) is 11.4. The van der Waals surface area contributed by atoms with Crippen molar-refractivity contribution in [2.45, 2.75) is 0 Å². The van der Waals surface area contributed by atoms with Gasteiger partial charge < -0.3 is 0 Å². The highest BCUT2D eigenvalue weighted by Gasteiger charge is 2.36. The Hall–Kier alpha value is -0.440. The Kier molecular flexibility index (Phi) is 3.95. The van der Waals surface area contributed by atoms with Crippen molar-refractivity contribution >= 4 is 40.9 Å². The molecular formula is C13H14INP+. The maximum atomic E-state index is 3.49. The molecule has 0 radical (unpaired) electrons. The summed E-state index contributed by atoms with van der Waals surface area (Å²) in [6.07, 6.45) is 0. The average Bonchev–Trinajstić information content (AvgIpc) is 2.40. The van der Waals surface area contributed by atoms with E-state index in [0.29, 0.717) is 0 Å². The van der Waals surface area contributed by atoms with E-state index in [0.717, 1.165) is 0 Å². The summed E-state index contributed by atoms with van der Waals surface area (Å²) in [7, 11) is -1.42. The molecule has 0 heterocycles. The molecule has 0 aromatic heterocycles. The molecule has 1 nitrogen and oxygen atoms in total. The van der Waals surface area contributed by atoms with E-state index in [2.05, 4.69) is 93.5 Å². The third-order valence-electron chi connectivity index (χ3n) is 2.71. The standard InChI is InChI=1S/C13H14INP/c1-16(15-14,12-8-4-2-5-9-12)13-10-6-3-7-11-13/h2-11,15H,1H3/q+1. The smallest absolute Gasteiger partial charge is 0.124 e. The third kappa shape index (κ3) is 2.29. The van der Waals surface area contributed by atoms with Crippen molar-refractivity contribution in [2.75, 3.05) is 6.66 Å². The number of benzene rings is 2. The molecule has 1 N–H and O–H groups in total. The van der Waals surface area contributed by atoms with Gasteiger partial charge in [0.05, 0.1) is 29.5 Å². The van der Waals surface area contributed by atoms with Gasteiger partial charge in [-0.3, -0.25) is 0 Å². The minimum absolute atomic E-state index is 1.38. The topological polar surface area (TPSA) is 12.0 Å². The van der Waals surface area contributed by atoms with Gasteiger partial charge in [-0.2, -0.15) is 0 Å². The highest BCUT2D eigenvalue weighted by atomic mass is 127. The fourth-order valence-corrected chi connectivity index (χ4v) is 5.40. The maximum absolute atomic E-state index is 3.49. The summed E-state index contributed by atoms with van der Waals surface area (Å²) in [4.78, 5) is 0. The molecule has 3 heteroatoms. The first-order valence-electron chi connectivity index (χ1n) is 5.13. The second-order valence-electron chi connectivity index (χ2n) is 3.76. The van der Waals surface area contributed by atoms with Crippen molar-refractivity contribution in [3.8, 4) is 0 Å². The first-order chi connectivity index (χ1) is 7.77. The van der Waals surface area contributed by atoms with Gasteiger partial charge >= 0.3 is 0 Å². The number of hydrogen-bond donors (Lipinski definition) is 1. The van der Waals surface area contributed by atoms with Crippen LogP contribution in [0.1, 0.15) is 0 Å². The molecule has 0 spiro atoms. The zero-order chi connectivity index (χ0) is 11.4. The summed E-state index contributed by atoms with van der Waals surface area (Å²) < 4.78 is 3.49. The SMILES string of the molecule is C[P+](NI)(c1ccccc1)c1ccccc1. The Morgan fingerprint density at radius 1 is 0.812 bits per heavy atom. The summed E-state index contributed by atoms with van der Waals surface area (Å²) in [5.74, 6) is 0. The first kappa shape index (κ1) is 12.0. The van der Waals surface area contributed by atoms with Crippen molar-refractivity contribution in [1.29, 1.82) is 0 Å². The minimum atomic E-state index is -1.42. The van der Waals surface area contributed by atoms with Crippen molar-refractivity contribution in [3.05, 3.63) is 60.7 Å². The molecule has 0 saturated heterocycles. The van der Waals surface area contributed by atoms with Crippen LogP contribution >= 0.6 is 30.3 Å². The van der Waals surface area contributed by atoms with Crippen molar-refractivity contribution in [1.82, 2.24) is 3.30 Å². The van der Waals surface area contributed by atoms with Crippen LogP contribution in [0.15, 0.2) is 60.7 Å². The molecule has 2 aromatic carbocycles.